The normalized spacial score (nSPS) is 22.5. The average molecular weight is 383 g/mol. The molecule has 0 amide bonds. The summed E-state index contributed by atoms with van der Waals surface area (Å²) in [6.45, 7) is 5.32. The lowest BCUT2D eigenvalue weighted by Crippen LogP contribution is -2.44. The number of hydrogen-bond acceptors (Lipinski definition) is 5. The van der Waals surface area contributed by atoms with Gasteiger partial charge in [0.2, 0.25) is 0 Å². The van der Waals surface area contributed by atoms with E-state index in [2.05, 4.69) is 71.0 Å². The Kier molecular flexibility index (Phi) is 5.31. The van der Waals surface area contributed by atoms with Crippen LogP contribution in [0.15, 0.2) is 41.2 Å². The molecule has 2 fully saturated rings. The summed E-state index contributed by atoms with van der Waals surface area (Å²) in [4.78, 5) is 22.3. The van der Waals surface area contributed by atoms with Crippen molar-refractivity contribution in [2.75, 3.05) is 55.1 Å². The molecule has 1 aromatic carbocycles. The van der Waals surface area contributed by atoms with Crippen LogP contribution in [0.4, 0.5) is 17.2 Å². The Morgan fingerprint density at radius 3 is 2.79 bits per heavy atom. The van der Waals surface area contributed by atoms with Crippen molar-refractivity contribution in [1.29, 1.82) is 0 Å². The van der Waals surface area contributed by atoms with Crippen molar-refractivity contribution >= 4 is 17.2 Å². The Hall–Kier alpha value is -2.47. The maximum Gasteiger partial charge on any atom is 0.251 e. The molecule has 0 bridgehead atoms. The molecule has 3 heterocycles. The molecule has 150 valence electrons. The molecule has 1 aromatic heterocycles. The second-order valence-electron chi connectivity index (χ2n) is 8.05. The predicted octanol–water partition coefficient (Wildman–Crippen LogP) is 3.01. The van der Waals surface area contributed by atoms with Gasteiger partial charge in [-0.3, -0.25) is 4.79 Å². The number of aromatic nitrogens is 1. The zero-order valence-corrected chi connectivity index (χ0v) is 17.0. The number of benzene rings is 1. The van der Waals surface area contributed by atoms with Crippen molar-refractivity contribution in [2.45, 2.75) is 31.8 Å². The molecule has 28 heavy (non-hydrogen) atoms. The number of aromatic amines is 1. The summed E-state index contributed by atoms with van der Waals surface area (Å²) >= 11 is 0. The van der Waals surface area contributed by atoms with E-state index in [0.717, 1.165) is 37.4 Å². The molecule has 2 aliphatic rings. The quantitative estimate of drug-likeness (QED) is 0.881. The van der Waals surface area contributed by atoms with E-state index in [-0.39, 0.29) is 17.6 Å². The Morgan fingerprint density at radius 2 is 2.00 bits per heavy atom. The molecule has 4 rings (SSSR count). The summed E-state index contributed by atoms with van der Waals surface area (Å²) in [7, 11) is 4.13. The van der Waals surface area contributed by atoms with Crippen LogP contribution in [0.2, 0.25) is 0 Å². The van der Waals surface area contributed by atoms with E-state index in [4.69, 9.17) is 4.74 Å². The minimum absolute atomic E-state index is 0.0427. The van der Waals surface area contributed by atoms with E-state index in [1.165, 1.54) is 11.3 Å². The van der Waals surface area contributed by atoms with E-state index >= 15 is 0 Å². The minimum atomic E-state index is -0.0427. The molecule has 6 nitrogen and oxygen atoms in total. The van der Waals surface area contributed by atoms with Crippen molar-refractivity contribution in [3.63, 3.8) is 0 Å². The Bertz CT molecular complexity index is 879. The van der Waals surface area contributed by atoms with Crippen molar-refractivity contribution in [3.8, 4) is 0 Å². The van der Waals surface area contributed by atoms with Crippen molar-refractivity contribution < 1.29 is 4.74 Å². The topological polar surface area (TPSA) is 51.8 Å². The summed E-state index contributed by atoms with van der Waals surface area (Å²) in [5.74, 6) is 0.916. The molecule has 2 saturated heterocycles. The Morgan fingerprint density at radius 1 is 1.14 bits per heavy atom. The highest BCUT2D eigenvalue weighted by Gasteiger charge is 2.28. The Labute approximate surface area is 166 Å². The van der Waals surface area contributed by atoms with Gasteiger partial charge in [0.15, 0.2) is 0 Å². The molecule has 0 unspecified atom stereocenters. The largest absolute Gasteiger partial charge is 0.378 e. The van der Waals surface area contributed by atoms with E-state index in [0.29, 0.717) is 13.2 Å². The van der Waals surface area contributed by atoms with Crippen molar-refractivity contribution in [1.82, 2.24) is 4.98 Å². The summed E-state index contributed by atoms with van der Waals surface area (Å²) in [6, 6.07) is 13.1. The number of rotatable bonds is 4. The SMILES string of the molecule is C[C@@H]1COCCN1c1cc(N2CCC[C@@H]2c2cccc(N(C)C)c2)[nH]c(=O)c1. The van der Waals surface area contributed by atoms with Gasteiger partial charge in [0.1, 0.15) is 5.82 Å². The lowest BCUT2D eigenvalue weighted by Gasteiger charge is -2.36. The van der Waals surface area contributed by atoms with Crippen molar-refractivity contribution in [2.24, 2.45) is 0 Å². The molecular weight excluding hydrogens is 352 g/mol. The van der Waals surface area contributed by atoms with Crippen LogP contribution in [0.5, 0.6) is 0 Å². The number of morpholine rings is 1. The van der Waals surface area contributed by atoms with Crippen LogP contribution in [-0.2, 0) is 4.74 Å². The van der Waals surface area contributed by atoms with Gasteiger partial charge in [0.05, 0.1) is 19.3 Å². The molecular formula is C22H30N4O2. The van der Waals surface area contributed by atoms with Gasteiger partial charge >= 0.3 is 0 Å². The maximum absolute atomic E-state index is 12.5. The van der Waals surface area contributed by atoms with Gasteiger partial charge in [-0.25, -0.2) is 0 Å². The Balaban J connectivity index is 1.66. The molecule has 0 aliphatic carbocycles. The first kappa shape index (κ1) is 18.9. The lowest BCUT2D eigenvalue weighted by molar-refractivity contribution is 0.0989. The van der Waals surface area contributed by atoms with Gasteiger partial charge in [-0.2, -0.15) is 0 Å². The van der Waals surface area contributed by atoms with Crippen LogP contribution >= 0.6 is 0 Å². The average Bonchev–Trinajstić information content (AvgIpc) is 3.18. The summed E-state index contributed by atoms with van der Waals surface area (Å²) in [6.07, 6.45) is 2.22. The maximum atomic E-state index is 12.5. The first-order chi connectivity index (χ1) is 13.5. The number of anilines is 3. The predicted molar refractivity (Wildman–Crippen MR) is 115 cm³/mol. The van der Waals surface area contributed by atoms with E-state index < -0.39 is 0 Å². The summed E-state index contributed by atoms with van der Waals surface area (Å²) in [5, 5.41) is 0. The number of nitrogens with zero attached hydrogens (tertiary/aromatic N) is 3. The lowest BCUT2D eigenvalue weighted by atomic mass is 10.0. The van der Waals surface area contributed by atoms with Crippen molar-refractivity contribution in [3.05, 3.63) is 52.3 Å². The van der Waals surface area contributed by atoms with Gasteiger partial charge in [-0.1, -0.05) is 12.1 Å². The third-order valence-corrected chi connectivity index (χ3v) is 5.85. The first-order valence-electron chi connectivity index (χ1n) is 10.2. The third-order valence-electron chi connectivity index (χ3n) is 5.85. The van der Waals surface area contributed by atoms with Gasteiger partial charge < -0.3 is 24.4 Å². The monoisotopic (exact) mass is 382 g/mol. The fraction of sp³-hybridized carbons (Fsp3) is 0.500. The number of H-pyrrole nitrogens is 1. The van der Waals surface area contributed by atoms with Gasteiger partial charge in [0, 0.05) is 56.7 Å². The number of hydrogen-bond donors (Lipinski definition) is 1. The second kappa shape index (κ2) is 7.87. The summed E-state index contributed by atoms with van der Waals surface area (Å²) < 4.78 is 5.56. The number of ether oxygens (including phenoxy) is 1. The van der Waals surface area contributed by atoms with Gasteiger partial charge in [-0.15, -0.1) is 0 Å². The standard InChI is InChI=1S/C22H30N4O2/c1-16-15-28-11-10-25(16)19-13-21(23-22(27)14-19)26-9-5-8-20(26)17-6-4-7-18(12-17)24(2)3/h4,6-7,12-14,16,20H,5,8-11,15H2,1-3H3,(H,23,27)/t16-,20-/m1/s1. The highest BCUT2D eigenvalue weighted by Crippen LogP contribution is 2.37. The first-order valence-corrected chi connectivity index (χ1v) is 10.2. The van der Waals surface area contributed by atoms with Crippen LogP contribution in [0.1, 0.15) is 31.4 Å². The highest BCUT2D eigenvalue weighted by molar-refractivity contribution is 5.58. The van der Waals surface area contributed by atoms with Crippen LogP contribution in [0, 0.1) is 0 Å². The molecule has 0 radical (unpaired) electrons. The fourth-order valence-electron chi connectivity index (χ4n) is 4.36. The molecule has 6 heteroatoms. The second-order valence-corrected chi connectivity index (χ2v) is 8.05. The number of nitrogens with one attached hydrogen (secondary N) is 1. The molecule has 2 aromatic rings. The highest BCUT2D eigenvalue weighted by atomic mass is 16.5. The van der Waals surface area contributed by atoms with Crippen LogP contribution in [0.3, 0.4) is 0 Å². The molecule has 0 spiro atoms. The van der Waals surface area contributed by atoms with Crippen LogP contribution in [0.25, 0.3) is 0 Å². The zero-order valence-electron chi connectivity index (χ0n) is 17.0. The molecule has 1 N–H and O–H groups in total. The van der Waals surface area contributed by atoms with Gasteiger partial charge in [0.25, 0.3) is 5.56 Å². The van der Waals surface area contributed by atoms with E-state index in [1.807, 2.05) is 0 Å². The van der Waals surface area contributed by atoms with Crippen LogP contribution < -0.4 is 20.3 Å². The van der Waals surface area contributed by atoms with E-state index in [9.17, 15) is 4.79 Å². The molecule has 2 atom stereocenters. The van der Waals surface area contributed by atoms with E-state index in [1.54, 1.807) is 6.07 Å². The number of pyridine rings is 1. The zero-order chi connectivity index (χ0) is 19.7. The fourth-order valence-corrected chi connectivity index (χ4v) is 4.36. The molecule has 0 saturated carbocycles. The summed E-state index contributed by atoms with van der Waals surface area (Å²) in [5.41, 5.74) is 3.45. The smallest absolute Gasteiger partial charge is 0.251 e. The van der Waals surface area contributed by atoms with Gasteiger partial charge in [-0.05, 0) is 37.5 Å². The third kappa shape index (κ3) is 3.74. The van der Waals surface area contributed by atoms with Crippen LogP contribution in [-0.4, -0.2) is 51.4 Å². The molecule has 2 aliphatic heterocycles. The minimum Gasteiger partial charge on any atom is -0.378 e.